The summed E-state index contributed by atoms with van der Waals surface area (Å²) in [6.07, 6.45) is 0.941. The van der Waals surface area contributed by atoms with E-state index in [0.717, 1.165) is 4.90 Å². The summed E-state index contributed by atoms with van der Waals surface area (Å²) in [7, 11) is 1.53. The van der Waals surface area contributed by atoms with Gasteiger partial charge < -0.3 is 14.4 Å². The molecule has 0 saturated carbocycles. The molecule has 3 rings (SSSR count). The Hall–Kier alpha value is -3.36. The molecule has 0 unspecified atom stereocenters. The Kier molecular flexibility index (Phi) is 5.11. The van der Waals surface area contributed by atoms with E-state index in [2.05, 4.69) is 6.58 Å². The van der Waals surface area contributed by atoms with Crippen molar-refractivity contribution in [3.05, 3.63) is 36.9 Å². The van der Waals surface area contributed by atoms with Gasteiger partial charge in [-0.05, 0) is 12.1 Å². The van der Waals surface area contributed by atoms with E-state index in [0.29, 0.717) is 16.4 Å². The second-order valence-electron chi connectivity index (χ2n) is 6.15. The van der Waals surface area contributed by atoms with E-state index in [9.17, 15) is 19.2 Å². The lowest BCUT2D eigenvalue weighted by Crippen LogP contribution is -2.46. The smallest absolute Gasteiger partial charge is 0.335 e. The number of urea groups is 1. The van der Waals surface area contributed by atoms with Crippen molar-refractivity contribution in [3.8, 4) is 11.5 Å². The van der Waals surface area contributed by atoms with E-state index in [1.54, 1.807) is 12.1 Å². The van der Waals surface area contributed by atoms with Crippen LogP contribution in [0.4, 0.5) is 4.79 Å². The topological polar surface area (TPSA) is 96.5 Å². The molecule has 1 aromatic carbocycles. The quantitative estimate of drug-likeness (QED) is 0.403. The lowest BCUT2D eigenvalue weighted by molar-refractivity contribution is -0.144. The molecule has 0 aliphatic carbocycles. The van der Waals surface area contributed by atoms with Gasteiger partial charge in [-0.3, -0.25) is 19.3 Å². The largest absolute Gasteiger partial charge is 0.486 e. The molecular formula is C18H19N3O6. The minimum Gasteiger partial charge on any atom is -0.486 e. The van der Waals surface area contributed by atoms with E-state index in [-0.39, 0.29) is 19.7 Å². The van der Waals surface area contributed by atoms with Crippen LogP contribution in [0.3, 0.4) is 0 Å². The molecule has 1 aromatic rings. The Bertz CT molecular complexity index is 808. The van der Waals surface area contributed by atoms with Gasteiger partial charge in [-0.15, -0.1) is 6.58 Å². The number of para-hydroxylation sites is 2. The summed E-state index contributed by atoms with van der Waals surface area (Å²) in [5, 5.41) is 0. The number of amides is 5. The number of fused-ring (bicyclic) bond motifs is 1. The predicted molar refractivity (Wildman–Crippen MR) is 93.0 cm³/mol. The van der Waals surface area contributed by atoms with Crippen LogP contribution in [-0.4, -0.2) is 77.8 Å². The van der Waals surface area contributed by atoms with Crippen molar-refractivity contribution < 1.29 is 28.7 Å². The number of benzene rings is 1. The Morgan fingerprint density at radius 1 is 1.22 bits per heavy atom. The second-order valence-corrected chi connectivity index (χ2v) is 6.15. The standard InChI is InChI=1S/C18H19N3O6/c1-3-8-20-16(23)17(24)21(18(20)25)10-15(22)19(2)9-12-11-26-13-6-4-5-7-14(13)27-12/h3-7,12H,1,8-11H2,2H3/t12-/m0/s1. The highest BCUT2D eigenvalue weighted by Crippen LogP contribution is 2.30. The Morgan fingerprint density at radius 2 is 1.89 bits per heavy atom. The maximum absolute atomic E-state index is 12.4. The van der Waals surface area contributed by atoms with Crippen molar-refractivity contribution in [2.45, 2.75) is 6.10 Å². The minimum absolute atomic E-state index is 0.0867. The molecular weight excluding hydrogens is 354 g/mol. The number of ether oxygens (including phenoxy) is 2. The molecule has 27 heavy (non-hydrogen) atoms. The molecule has 142 valence electrons. The summed E-state index contributed by atoms with van der Waals surface area (Å²) in [5.74, 6) is -1.25. The fourth-order valence-electron chi connectivity index (χ4n) is 2.80. The normalized spacial score (nSPS) is 18.7. The number of hydrogen-bond acceptors (Lipinski definition) is 6. The number of carbonyl (C=O) groups is 4. The number of imide groups is 2. The van der Waals surface area contributed by atoms with Gasteiger partial charge in [0.1, 0.15) is 13.2 Å². The molecule has 5 amide bonds. The summed E-state index contributed by atoms with van der Waals surface area (Å²) >= 11 is 0. The summed E-state index contributed by atoms with van der Waals surface area (Å²) in [4.78, 5) is 51.0. The van der Waals surface area contributed by atoms with Crippen LogP contribution in [0.5, 0.6) is 11.5 Å². The first kappa shape index (κ1) is 18.4. The third-order valence-electron chi connectivity index (χ3n) is 4.21. The van der Waals surface area contributed by atoms with Gasteiger partial charge in [0.2, 0.25) is 5.91 Å². The molecule has 0 spiro atoms. The molecule has 0 radical (unpaired) electrons. The van der Waals surface area contributed by atoms with Crippen LogP contribution in [0, 0.1) is 0 Å². The Labute approximate surface area is 155 Å². The van der Waals surface area contributed by atoms with E-state index in [4.69, 9.17) is 9.47 Å². The van der Waals surface area contributed by atoms with E-state index in [1.165, 1.54) is 18.0 Å². The van der Waals surface area contributed by atoms with Crippen molar-refractivity contribution in [3.63, 3.8) is 0 Å². The third kappa shape index (κ3) is 3.62. The van der Waals surface area contributed by atoms with Crippen molar-refractivity contribution in [1.29, 1.82) is 0 Å². The van der Waals surface area contributed by atoms with Crippen molar-refractivity contribution in [2.24, 2.45) is 0 Å². The highest BCUT2D eigenvalue weighted by Gasteiger charge is 2.44. The molecule has 1 fully saturated rings. The minimum atomic E-state index is -1.02. The Morgan fingerprint density at radius 3 is 2.59 bits per heavy atom. The van der Waals surface area contributed by atoms with E-state index < -0.39 is 36.4 Å². The van der Waals surface area contributed by atoms with Gasteiger partial charge >= 0.3 is 17.8 Å². The van der Waals surface area contributed by atoms with Crippen LogP contribution in [0.15, 0.2) is 36.9 Å². The van der Waals surface area contributed by atoms with Crippen LogP contribution < -0.4 is 9.47 Å². The summed E-state index contributed by atoms with van der Waals surface area (Å²) in [5.41, 5.74) is 0. The summed E-state index contributed by atoms with van der Waals surface area (Å²) < 4.78 is 11.4. The number of hydrogen-bond donors (Lipinski definition) is 0. The monoisotopic (exact) mass is 373 g/mol. The van der Waals surface area contributed by atoms with Gasteiger partial charge in [0, 0.05) is 13.6 Å². The van der Waals surface area contributed by atoms with Crippen LogP contribution in [0.2, 0.25) is 0 Å². The van der Waals surface area contributed by atoms with Crippen LogP contribution in [0.1, 0.15) is 0 Å². The first-order chi connectivity index (χ1) is 12.9. The predicted octanol–water partition coefficient (Wildman–Crippen LogP) is 0.262. The molecule has 1 saturated heterocycles. The fraction of sp³-hybridized carbons (Fsp3) is 0.333. The van der Waals surface area contributed by atoms with Gasteiger partial charge in [-0.1, -0.05) is 18.2 Å². The lowest BCUT2D eigenvalue weighted by Gasteiger charge is -2.30. The Balaban J connectivity index is 1.58. The summed E-state index contributed by atoms with van der Waals surface area (Å²) in [6, 6.07) is 6.38. The van der Waals surface area contributed by atoms with Crippen molar-refractivity contribution in [2.75, 3.05) is 33.3 Å². The molecule has 9 nitrogen and oxygen atoms in total. The SMILES string of the molecule is C=CCN1C(=O)C(=O)N(CC(=O)N(C)C[C@H]2COc3ccccc3O2)C1=O. The molecule has 0 aromatic heterocycles. The maximum atomic E-state index is 12.4. The van der Waals surface area contributed by atoms with Gasteiger partial charge in [0.15, 0.2) is 17.6 Å². The molecule has 2 heterocycles. The second kappa shape index (κ2) is 7.48. The first-order valence-electron chi connectivity index (χ1n) is 8.33. The van der Waals surface area contributed by atoms with Gasteiger partial charge in [0.25, 0.3) is 0 Å². The molecule has 0 N–H and O–H groups in total. The van der Waals surface area contributed by atoms with Gasteiger partial charge in [0.05, 0.1) is 6.54 Å². The zero-order valence-electron chi connectivity index (χ0n) is 14.8. The number of nitrogens with zero attached hydrogens (tertiary/aromatic N) is 3. The van der Waals surface area contributed by atoms with E-state index >= 15 is 0 Å². The molecule has 1 atom stereocenters. The first-order valence-corrected chi connectivity index (χ1v) is 8.33. The highest BCUT2D eigenvalue weighted by molar-refractivity contribution is 6.45. The van der Waals surface area contributed by atoms with Crippen LogP contribution in [0.25, 0.3) is 0 Å². The van der Waals surface area contributed by atoms with Crippen LogP contribution >= 0.6 is 0 Å². The van der Waals surface area contributed by atoms with Crippen molar-refractivity contribution in [1.82, 2.24) is 14.7 Å². The highest BCUT2D eigenvalue weighted by atomic mass is 16.6. The zero-order chi connectivity index (χ0) is 19.6. The molecule has 9 heteroatoms. The fourth-order valence-corrected chi connectivity index (χ4v) is 2.80. The molecule has 2 aliphatic heterocycles. The molecule has 2 aliphatic rings. The van der Waals surface area contributed by atoms with E-state index in [1.807, 2.05) is 12.1 Å². The number of rotatable bonds is 6. The van der Waals surface area contributed by atoms with Gasteiger partial charge in [-0.2, -0.15) is 0 Å². The average Bonchev–Trinajstić information content (AvgIpc) is 2.86. The number of likely N-dealkylation sites (N-methyl/N-ethyl adjacent to an activating group) is 1. The third-order valence-corrected chi connectivity index (χ3v) is 4.21. The lowest BCUT2D eigenvalue weighted by atomic mass is 10.2. The van der Waals surface area contributed by atoms with Gasteiger partial charge in [-0.25, -0.2) is 9.69 Å². The zero-order valence-corrected chi connectivity index (χ0v) is 14.8. The average molecular weight is 373 g/mol. The van der Waals surface area contributed by atoms with Crippen molar-refractivity contribution >= 4 is 23.8 Å². The summed E-state index contributed by atoms with van der Waals surface area (Å²) in [6.45, 7) is 3.30. The number of carbonyl (C=O) groups excluding carboxylic acids is 4. The maximum Gasteiger partial charge on any atom is 0.335 e. The molecule has 0 bridgehead atoms. The van der Waals surface area contributed by atoms with Crippen LogP contribution in [-0.2, 0) is 14.4 Å².